The normalized spacial score (nSPS) is 11.4. The van der Waals surface area contributed by atoms with Crippen LogP contribution in [0.4, 0.5) is 13.2 Å². The second-order valence-electron chi connectivity index (χ2n) is 6.95. The van der Waals surface area contributed by atoms with Crippen molar-refractivity contribution in [1.82, 2.24) is 14.8 Å². The van der Waals surface area contributed by atoms with Gasteiger partial charge in [-0.1, -0.05) is 6.07 Å². The third-order valence-electron chi connectivity index (χ3n) is 4.78. The van der Waals surface area contributed by atoms with Crippen molar-refractivity contribution in [3.8, 4) is 34.0 Å². The minimum absolute atomic E-state index is 0.147. The Balaban J connectivity index is 1.66. The van der Waals surface area contributed by atoms with Crippen molar-refractivity contribution in [3.63, 3.8) is 0 Å². The van der Waals surface area contributed by atoms with Crippen LogP contribution in [0, 0.1) is 0 Å². The van der Waals surface area contributed by atoms with Gasteiger partial charge < -0.3 is 10.5 Å². The Kier molecular flexibility index (Phi) is 5.40. The number of carbonyl (C=O) groups is 1. The predicted molar refractivity (Wildman–Crippen MR) is 112 cm³/mol. The summed E-state index contributed by atoms with van der Waals surface area (Å²) in [5.41, 5.74) is 6.66. The molecular weight excluding hydrogens is 421 g/mol. The standard InChI is InChI=1S/C23H17F3N4O2/c1-30-20(11-12-28-30)17-13-15(23(24,25)26)7-10-21(17)32-16-8-5-14(6-9-16)18-3-2-4-19(29-18)22(27)31/h2-13H,1H3,(H2,27,31). The Labute approximate surface area is 181 Å². The van der Waals surface area contributed by atoms with Crippen LogP contribution in [0.1, 0.15) is 16.1 Å². The highest BCUT2D eigenvalue weighted by molar-refractivity contribution is 5.91. The average molecular weight is 438 g/mol. The zero-order chi connectivity index (χ0) is 22.9. The van der Waals surface area contributed by atoms with E-state index in [2.05, 4.69) is 10.1 Å². The predicted octanol–water partition coefficient (Wildman–Crippen LogP) is 5.06. The lowest BCUT2D eigenvalue weighted by Gasteiger charge is -2.15. The first kappa shape index (κ1) is 21.1. The molecule has 6 nitrogen and oxygen atoms in total. The zero-order valence-corrected chi connectivity index (χ0v) is 16.8. The molecular formula is C23H17F3N4O2. The molecule has 2 aromatic carbocycles. The van der Waals surface area contributed by atoms with E-state index in [0.29, 0.717) is 17.1 Å². The first-order chi connectivity index (χ1) is 15.2. The van der Waals surface area contributed by atoms with E-state index in [0.717, 1.165) is 17.7 Å². The van der Waals surface area contributed by atoms with E-state index in [9.17, 15) is 18.0 Å². The fourth-order valence-corrected chi connectivity index (χ4v) is 3.19. The third kappa shape index (κ3) is 4.31. The topological polar surface area (TPSA) is 83.0 Å². The number of halogens is 3. The molecule has 1 amide bonds. The number of primary amides is 1. The summed E-state index contributed by atoms with van der Waals surface area (Å²) in [4.78, 5) is 15.6. The molecule has 2 heterocycles. The van der Waals surface area contributed by atoms with Crippen molar-refractivity contribution >= 4 is 5.91 Å². The number of nitrogens with two attached hydrogens (primary N) is 1. The molecule has 2 aromatic heterocycles. The van der Waals surface area contributed by atoms with E-state index in [1.165, 1.54) is 23.0 Å². The van der Waals surface area contributed by atoms with Crippen LogP contribution < -0.4 is 10.5 Å². The number of amides is 1. The Morgan fingerprint density at radius 3 is 2.41 bits per heavy atom. The van der Waals surface area contributed by atoms with E-state index in [1.54, 1.807) is 49.5 Å². The van der Waals surface area contributed by atoms with Crippen LogP contribution >= 0.6 is 0 Å². The maximum atomic E-state index is 13.3. The molecule has 162 valence electrons. The minimum Gasteiger partial charge on any atom is -0.457 e. The largest absolute Gasteiger partial charge is 0.457 e. The van der Waals surface area contributed by atoms with Crippen molar-refractivity contribution in [1.29, 1.82) is 0 Å². The summed E-state index contributed by atoms with van der Waals surface area (Å²) >= 11 is 0. The number of carbonyl (C=O) groups excluding carboxylic acids is 1. The lowest BCUT2D eigenvalue weighted by Crippen LogP contribution is -2.12. The van der Waals surface area contributed by atoms with Crippen LogP contribution in [0.3, 0.4) is 0 Å². The molecule has 0 radical (unpaired) electrons. The number of alkyl halides is 3. The van der Waals surface area contributed by atoms with Crippen LogP contribution in [0.2, 0.25) is 0 Å². The fourth-order valence-electron chi connectivity index (χ4n) is 3.19. The van der Waals surface area contributed by atoms with Gasteiger partial charge in [0.2, 0.25) is 0 Å². The molecule has 4 aromatic rings. The number of pyridine rings is 1. The molecule has 0 bridgehead atoms. The van der Waals surface area contributed by atoms with E-state index < -0.39 is 17.6 Å². The highest BCUT2D eigenvalue weighted by Gasteiger charge is 2.31. The fraction of sp³-hybridized carbons (Fsp3) is 0.0870. The second-order valence-corrected chi connectivity index (χ2v) is 6.95. The van der Waals surface area contributed by atoms with Gasteiger partial charge in [-0.3, -0.25) is 9.48 Å². The van der Waals surface area contributed by atoms with E-state index in [-0.39, 0.29) is 17.0 Å². The number of aromatic nitrogens is 3. The van der Waals surface area contributed by atoms with Crippen LogP contribution in [-0.2, 0) is 13.2 Å². The summed E-state index contributed by atoms with van der Waals surface area (Å²) in [6, 6.07) is 16.6. The number of hydrogen-bond donors (Lipinski definition) is 1. The van der Waals surface area contributed by atoms with Gasteiger partial charge in [0, 0.05) is 24.4 Å². The SMILES string of the molecule is Cn1nccc1-c1cc(C(F)(F)F)ccc1Oc1ccc(-c2cccc(C(N)=O)n2)cc1. The molecule has 0 saturated carbocycles. The van der Waals surface area contributed by atoms with E-state index >= 15 is 0 Å². The number of benzene rings is 2. The maximum Gasteiger partial charge on any atom is 0.416 e. The minimum atomic E-state index is -4.49. The van der Waals surface area contributed by atoms with Crippen molar-refractivity contribution in [2.75, 3.05) is 0 Å². The molecule has 0 aliphatic rings. The van der Waals surface area contributed by atoms with Gasteiger partial charge in [-0.15, -0.1) is 0 Å². The van der Waals surface area contributed by atoms with Gasteiger partial charge in [-0.25, -0.2) is 4.98 Å². The molecule has 4 rings (SSSR count). The first-order valence-electron chi connectivity index (χ1n) is 9.47. The summed E-state index contributed by atoms with van der Waals surface area (Å²) in [5, 5.41) is 4.04. The number of hydrogen-bond acceptors (Lipinski definition) is 4. The highest BCUT2D eigenvalue weighted by Crippen LogP contribution is 2.39. The Bertz CT molecular complexity index is 1280. The van der Waals surface area contributed by atoms with Crippen LogP contribution in [-0.4, -0.2) is 20.7 Å². The van der Waals surface area contributed by atoms with Gasteiger partial charge in [0.05, 0.1) is 17.0 Å². The molecule has 0 aliphatic heterocycles. The highest BCUT2D eigenvalue weighted by atomic mass is 19.4. The average Bonchev–Trinajstić information content (AvgIpc) is 3.19. The van der Waals surface area contributed by atoms with Crippen LogP contribution in [0.5, 0.6) is 11.5 Å². The lowest BCUT2D eigenvalue weighted by atomic mass is 10.1. The summed E-state index contributed by atoms with van der Waals surface area (Å²) in [7, 11) is 1.64. The van der Waals surface area contributed by atoms with Crippen LogP contribution in [0.25, 0.3) is 22.5 Å². The quantitative estimate of drug-likeness (QED) is 0.472. The Morgan fingerprint density at radius 1 is 1.03 bits per heavy atom. The summed E-state index contributed by atoms with van der Waals surface area (Å²) in [6.45, 7) is 0. The Hall–Kier alpha value is -4.14. The molecule has 0 fully saturated rings. The van der Waals surface area contributed by atoms with Gasteiger partial charge >= 0.3 is 6.18 Å². The van der Waals surface area contributed by atoms with Crippen molar-refractivity contribution in [2.24, 2.45) is 12.8 Å². The van der Waals surface area contributed by atoms with Crippen molar-refractivity contribution < 1.29 is 22.7 Å². The van der Waals surface area contributed by atoms with E-state index in [4.69, 9.17) is 10.5 Å². The smallest absolute Gasteiger partial charge is 0.416 e. The summed E-state index contributed by atoms with van der Waals surface area (Å²) < 4.78 is 47.1. The number of nitrogens with zero attached hydrogens (tertiary/aromatic N) is 3. The molecule has 0 unspecified atom stereocenters. The molecule has 32 heavy (non-hydrogen) atoms. The van der Waals surface area contributed by atoms with Gasteiger partial charge in [0.15, 0.2) is 0 Å². The Morgan fingerprint density at radius 2 is 1.78 bits per heavy atom. The van der Waals surface area contributed by atoms with Crippen LogP contribution in [0.15, 0.2) is 72.9 Å². The van der Waals surface area contributed by atoms with Crippen molar-refractivity contribution in [2.45, 2.75) is 6.18 Å². The van der Waals surface area contributed by atoms with Crippen molar-refractivity contribution in [3.05, 3.63) is 84.2 Å². The summed E-state index contributed by atoms with van der Waals surface area (Å²) in [6.07, 6.45) is -2.98. The molecule has 2 N–H and O–H groups in total. The molecule has 0 atom stereocenters. The molecule has 0 spiro atoms. The lowest BCUT2D eigenvalue weighted by molar-refractivity contribution is -0.137. The van der Waals surface area contributed by atoms with Gasteiger partial charge in [-0.05, 0) is 60.7 Å². The van der Waals surface area contributed by atoms with Gasteiger partial charge in [0.25, 0.3) is 5.91 Å². The summed E-state index contributed by atoms with van der Waals surface area (Å²) in [5.74, 6) is 0.0444. The molecule has 9 heteroatoms. The second kappa shape index (κ2) is 8.18. The third-order valence-corrected chi connectivity index (χ3v) is 4.78. The molecule has 0 saturated heterocycles. The first-order valence-corrected chi connectivity index (χ1v) is 9.47. The number of ether oxygens (including phenoxy) is 1. The van der Waals surface area contributed by atoms with Gasteiger partial charge in [0.1, 0.15) is 17.2 Å². The number of rotatable bonds is 5. The monoisotopic (exact) mass is 438 g/mol. The molecule has 0 aliphatic carbocycles. The zero-order valence-electron chi connectivity index (χ0n) is 16.8. The van der Waals surface area contributed by atoms with Gasteiger partial charge in [-0.2, -0.15) is 18.3 Å². The maximum absolute atomic E-state index is 13.3. The van der Waals surface area contributed by atoms with E-state index in [1.807, 2.05) is 0 Å². The number of aryl methyl sites for hydroxylation is 1.